The second kappa shape index (κ2) is 10.6. The minimum absolute atomic E-state index is 0.0102. The van der Waals surface area contributed by atoms with Gasteiger partial charge < -0.3 is 15.5 Å². The van der Waals surface area contributed by atoms with Crippen molar-refractivity contribution in [1.82, 2.24) is 15.5 Å². The molecule has 0 aromatic heterocycles. The number of allylic oxidation sites excluding steroid dienone is 1. The third-order valence-electron chi connectivity index (χ3n) is 8.01. The molecule has 0 saturated carbocycles. The van der Waals surface area contributed by atoms with Crippen molar-refractivity contribution in [2.24, 2.45) is 11.8 Å². The number of hydrogen-bond donors (Lipinski definition) is 2. The molecule has 0 radical (unpaired) electrons. The zero-order chi connectivity index (χ0) is 25.2. The topological polar surface area (TPSA) is 44.4 Å². The van der Waals surface area contributed by atoms with Gasteiger partial charge in [0.15, 0.2) is 0 Å². The molecule has 0 aliphatic carbocycles. The van der Waals surface area contributed by atoms with E-state index in [9.17, 15) is 13.6 Å². The average Bonchev–Trinajstić information content (AvgIpc) is 2.83. The number of fused-ring (bicyclic) bond motifs is 1. The molecule has 0 bridgehead atoms. The average molecular weight is 482 g/mol. The number of piperidine rings is 1. The first-order chi connectivity index (χ1) is 16.7. The molecule has 0 unspecified atom stereocenters. The Morgan fingerprint density at radius 2 is 2.00 bits per heavy atom. The summed E-state index contributed by atoms with van der Waals surface area (Å²) < 4.78 is 27.5. The van der Waals surface area contributed by atoms with Gasteiger partial charge in [0.05, 0.1) is 6.04 Å². The molecule has 6 heteroatoms. The Bertz CT molecular complexity index is 1070. The van der Waals surface area contributed by atoms with Crippen LogP contribution in [0.4, 0.5) is 8.78 Å². The zero-order valence-corrected chi connectivity index (χ0v) is 21.0. The summed E-state index contributed by atoms with van der Waals surface area (Å²) in [6, 6.07) is 11.4. The quantitative estimate of drug-likeness (QED) is 0.569. The van der Waals surface area contributed by atoms with Crippen LogP contribution in [-0.2, 0) is 23.2 Å². The molecule has 2 N–H and O–H groups in total. The number of likely N-dealkylation sites (tertiary alicyclic amines) is 1. The molecule has 2 heterocycles. The summed E-state index contributed by atoms with van der Waals surface area (Å²) in [6.07, 6.45) is 3.41. The molecule has 2 aliphatic heterocycles. The number of halogens is 2. The lowest BCUT2D eigenvalue weighted by Gasteiger charge is -2.46. The van der Waals surface area contributed by atoms with Gasteiger partial charge in [-0.25, -0.2) is 8.78 Å². The number of nitrogens with one attached hydrogen (secondary N) is 2. The van der Waals surface area contributed by atoms with Gasteiger partial charge >= 0.3 is 0 Å². The van der Waals surface area contributed by atoms with Gasteiger partial charge in [-0.1, -0.05) is 45.0 Å². The van der Waals surface area contributed by atoms with E-state index in [2.05, 4.69) is 42.9 Å². The van der Waals surface area contributed by atoms with E-state index in [1.165, 1.54) is 18.2 Å². The monoisotopic (exact) mass is 481 g/mol. The standard InChI is InChI=1S/C29H37F2N3O/c1-5-29(23-7-6-8-24(30)15-23)11-12-34(17-20(29)4)18-27(19(2)3)33-28(35)26-14-21-9-10-25(31)13-22(21)16-32-26/h5-10,13,15,19-20,26-27,32H,1,11-12,14,16-18H2,2-4H3,(H,33,35)/t20-,26+,27+,29+/m0/s1. The Kier molecular flexibility index (Phi) is 7.72. The highest BCUT2D eigenvalue weighted by Crippen LogP contribution is 2.41. The summed E-state index contributed by atoms with van der Waals surface area (Å²) in [5, 5.41) is 6.54. The fraction of sp³-hybridized carbons (Fsp3) is 0.483. The fourth-order valence-corrected chi connectivity index (χ4v) is 5.68. The van der Waals surface area contributed by atoms with E-state index < -0.39 is 0 Å². The molecular weight excluding hydrogens is 444 g/mol. The summed E-state index contributed by atoms with van der Waals surface area (Å²) >= 11 is 0. The van der Waals surface area contributed by atoms with Gasteiger partial charge in [0.25, 0.3) is 0 Å². The zero-order valence-electron chi connectivity index (χ0n) is 21.0. The number of hydrogen-bond acceptors (Lipinski definition) is 3. The van der Waals surface area contributed by atoms with E-state index in [1.807, 2.05) is 12.1 Å². The largest absolute Gasteiger partial charge is 0.350 e. The Balaban J connectivity index is 1.39. The van der Waals surface area contributed by atoms with Crippen LogP contribution in [0.2, 0.25) is 0 Å². The first kappa shape index (κ1) is 25.5. The summed E-state index contributed by atoms with van der Waals surface area (Å²) in [5.41, 5.74) is 2.67. The maximum Gasteiger partial charge on any atom is 0.237 e. The van der Waals surface area contributed by atoms with Gasteiger partial charge in [-0.3, -0.25) is 4.79 Å². The predicted octanol–water partition coefficient (Wildman–Crippen LogP) is 4.59. The Hall–Kier alpha value is -2.57. The van der Waals surface area contributed by atoms with Crippen LogP contribution >= 0.6 is 0 Å². The van der Waals surface area contributed by atoms with Gasteiger partial charge in [0, 0.05) is 31.1 Å². The summed E-state index contributed by atoms with van der Waals surface area (Å²) in [7, 11) is 0. The molecular formula is C29H37F2N3O. The SMILES string of the molecule is C=C[C@@]1(c2cccc(F)c2)CCN(C[C@@H](NC(=O)[C@H]2Cc3ccc(F)cc3CN2)C(C)C)C[C@@H]1C. The lowest BCUT2D eigenvalue weighted by Crippen LogP contribution is -2.56. The lowest BCUT2D eigenvalue weighted by molar-refractivity contribution is -0.124. The van der Waals surface area contributed by atoms with Crippen molar-refractivity contribution in [2.45, 2.75) is 57.7 Å². The van der Waals surface area contributed by atoms with Crippen molar-refractivity contribution in [3.8, 4) is 0 Å². The number of benzene rings is 2. The van der Waals surface area contributed by atoms with Crippen LogP contribution in [0.1, 0.15) is 43.9 Å². The number of nitrogens with zero attached hydrogens (tertiary/aromatic N) is 1. The lowest BCUT2D eigenvalue weighted by atomic mass is 9.66. The smallest absolute Gasteiger partial charge is 0.237 e. The molecule has 188 valence electrons. The summed E-state index contributed by atoms with van der Waals surface area (Å²) in [5.74, 6) is 0.0559. The molecule has 4 rings (SSSR count). The minimum Gasteiger partial charge on any atom is -0.350 e. The number of carbonyl (C=O) groups is 1. The molecule has 2 aliphatic rings. The van der Waals surface area contributed by atoms with E-state index in [1.54, 1.807) is 18.2 Å². The van der Waals surface area contributed by atoms with Gasteiger partial charge in [-0.15, -0.1) is 6.58 Å². The highest BCUT2D eigenvalue weighted by molar-refractivity contribution is 5.82. The van der Waals surface area contributed by atoms with Crippen molar-refractivity contribution < 1.29 is 13.6 Å². The number of carbonyl (C=O) groups excluding carboxylic acids is 1. The fourth-order valence-electron chi connectivity index (χ4n) is 5.68. The van der Waals surface area contributed by atoms with E-state index in [0.29, 0.717) is 13.0 Å². The molecule has 35 heavy (non-hydrogen) atoms. The Morgan fingerprint density at radius 1 is 1.23 bits per heavy atom. The van der Waals surface area contributed by atoms with Crippen LogP contribution in [0.5, 0.6) is 0 Å². The van der Waals surface area contributed by atoms with Crippen LogP contribution in [0.25, 0.3) is 0 Å². The van der Waals surface area contributed by atoms with Crippen LogP contribution in [0.15, 0.2) is 55.1 Å². The Morgan fingerprint density at radius 3 is 2.69 bits per heavy atom. The van der Waals surface area contributed by atoms with Crippen molar-refractivity contribution in [3.05, 3.63) is 83.4 Å². The van der Waals surface area contributed by atoms with Gasteiger partial charge in [-0.2, -0.15) is 0 Å². The second-order valence-electron chi connectivity index (χ2n) is 10.6. The first-order valence-corrected chi connectivity index (χ1v) is 12.6. The third-order valence-corrected chi connectivity index (χ3v) is 8.01. The molecule has 2 aromatic rings. The third kappa shape index (κ3) is 5.49. The molecule has 1 amide bonds. The maximum absolute atomic E-state index is 14.0. The summed E-state index contributed by atoms with van der Waals surface area (Å²) in [4.78, 5) is 15.6. The van der Waals surface area contributed by atoms with Crippen LogP contribution in [0.3, 0.4) is 0 Å². The van der Waals surface area contributed by atoms with Crippen LogP contribution in [-0.4, -0.2) is 42.5 Å². The van der Waals surface area contributed by atoms with Crippen molar-refractivity contribution in [2.75, 3.05) is 19.6 Å². The molecule has 4 nitrogen and oxygen atoms in total. The summed E-state index contributed by atoms with van der Waals surface area (Å²) in [6.45, 7) is 13.5. The van der Waals surface area contributed by atoms with E-state index >= 15 is 0 Å². The normalized spacial score (nSPS) is 25.7. The highest BCUT2D eigenvalue weighted by Gasteiger charge is 2.40. The highest BCUT2D eigenvalue weighted by atomic mass is 19.1. The number of rotatable bonds is 7. The Labute approximate surface area is 207 Å². The molecule has 2 aromatic carbocycles. The van der Waals surface area contributed by atoms with Gasteiger partial charge in [0.1, 0.15) is 11.6 Å². The van der Waals surface area contributed by atoms with E-state index in [4.69, 9.17) is 0 Å². The van der Waals surface area contributed by atoms with Gasteiger partial charge in [0.2, 0.25) is 5.91 Å². The van der Waals surface area contributed by atoms with Gasteiger partial charge in [-0.05, 0) is 72.2 Å². The van der Waals surface area contributed by atoms with Crippen molar-refractivity contribution >= 4 is 5.91 Å². The van der Waals surface area contributed by atoms with E-state index in [-0.39, 0.29) is 46.9 Å². The van der Waals surface area contributed by atoms with E-state index in [0.717, 1.165) is 42.7 Å². The van der Waals surface area contributed by atoms with Crippen LogP contribution in [0, 0.1) is 23.5 Å². The molecule has 4 atom stereocenters. The van der Waals surface area contributed by atoms with Crippen molar-refractivity contribution in [1.29, 1.82) is 0 Å². The second-order valence-corrected chi connectivity index (χ2v) is 10.6. The number of amides is 1. The maximum atomic E-state index is 14.0. The first-order valence-electron chi connectivity index (χ1n) is 12.6. The molecule has 1 fully saturated rings. The van der Waals surface area contributed by atoms with Crippen molar-refractivity contribution in [3.63, 3.8) is 0 Å². The molecule has 0 spiro atoms. The minimum atomic E-state index is -0.323. The predicted molar refractivity (Wildman–Crippen MR) is 136 cm³/mol. The molecule has 1 saturated heterocycles. The van der Waals surface area contributed by atoms with Crippen LogP contribution < -0.4 is 10.6 Å².